The molecule has 0 radical (unpaired) electrons. The molecular weight excluding hydrogens is 377 g/mol. The first-order chi connectivity index (χ1) is 14.1. The quantitative estimate of drug-likeness (QED) is 0.782. The molecular formula is C21H24FN3O4. The minimum Gasteiger partial charge on any atom is -0.380 e. The molecule has 0 aromatic heterocycles. The highest BCUT2D eigenvalue weighted by Crippen LogP contribution is 2.21. The van der Waals surface area contributed by atoms with E-state index >= 15 is 0 Å². The number of nitrogens with zero attached hydrogens (tertiary/aromatic N) is 2. The number of ether oxygens (including phenoxy) is 1. The van der Waals surface area contributed by atoms with Gasteiger partial charge in [0.05, 0.1) is 20.3 Å². The maximum Gasteiger partial charge on any atom is 0.324 e. The van der Waals surface area contributed by atoms with Gasteiger partial charge in [-0.25, -0.2) is 14.7 Å². The Bertz CT molecular complexity index is 836. The van der Waals surface area contributed by atoms with Crippen LogP contribution in [-0.4, -0.2) is 50.3 Å². The van der Waals surface area contributed by atoms with Gasteiger partial charge < -0.3 is 9.64 Å². The molecule has 29 heavy (non-hydrogen) atoms. The smallest absolute Gasteiger partial charge is 0.324 e. The van der Waals surface area contributed by atoms with Crippen LogP contribution in [0.3, 0.4) is 0 Å². The lowest BCUT2D eigenvalue weighted by Gasteiger charge is -2.30. The summed E-state index contributed by atoms with van der Waals surface area (Å²) in [5.41, 5.74) is 3.97. The van der Waals surface area contributed by atoms with Crippen LogP contribution in [0.1, 0.15) is 22.3 Å². The number of carbonyl (C=O) groups is 2. The molecule has 0 bridgehead atoms. The van der Waals surface area contributed by atoms with E-state index < -0.39 is 5.82 Å². The summed E-state index contributed by atoms with van der Waals surface area (Å²) >= 11 is 0. The molecule has 1 aliphatic heterocycles. The van der Waals surface area contributed by atoms with Crippen LogP contribution >= 0.6 is 0 Å². The van der Waals surface area contributed by atoms with Gasteiger partial charge in [0.25, 0.3) is 5.91 Å². The fraction of sp³-hybridized carbons (Fsp3) is 0.333. The number of hydrogen-bond acceptors (Lipinski definition) is 4. The molecule has 8 heteroatoms. The fourth-order valence-electron chi connectivity index (χ4n) is 3.12. The summed E-state index contributed by atoms with van der Waals surface area (Å²) in [5.74, 6) is -0.771. The maximum atomic E-state index is 13.8. The van der Waals surface area contributed by atoms with Crippen LogP contribution in [0.25, 0.3) is 0 Å². The summed E-state index contributed by atoms with van der Waals surface area (Å²) in [7, 11) is 1.36. The van der Waals surface area contributed by atoms with Gasteiger partial charge in [0.15, 0.2) is 0 Å². The van der Waals surface area contributed by atoms with E-state index in [1.54, 1.807) is 46.2 Å². The van der Waals surface area contributed by atoms with Gasteiger partial charge in [-0.1, -0.05) is 18.2 Å². The van der Waals surface area contributed by atoms with E-state index in [-0.39, 0.29) is 18.5 Å². The van der Waals surface area contributed by atoms with Crippen LogP contribution in [0.15, 0.2) is 48.5 Å². The average molecular weight is 401 g/mol. The molecule has 0 atom stereocenters. The van der Waals surface area contributed by atoms with E-state index in [1.165, 1.54) is 19.2 Å². The first kappa shape index (κ1) is 20.8. The largest absolute Gasteiger partial charge is 0.380 e. The van der Waals surface area contributed by atoms with E-state index in [2.05, 4.69) is 10.3 Å². The molecule has 1 fully saturated rings. The minimum absolute atomic E-state index is 0.206. The summed E-state index contributed by atoms with van der Waals surface area (Å²) < 4.78 is 19.3. The van der Waals surface area contributed by atoms with Crippen LogP contribution in [0.4, 0.5) is 14.9 Å². The molecule has 1 aliphatic rings. The zero-order valence-electron chi connectivity index (χ0n) is 16.3. The Labute approximate surface area is 169 Å². The summed E-state index contributed by atoms with van der Waals surface area (Å²) in [6, 6.07) is 12.6. The molecule has 2 aromatic rings. The van der Waals surface area contributed by atoms with Crippen molar-refractivity contribution < 1.29 is 23.6 Å². The van der Waals surface area contributed by atoms with Crippen LogP contribution in [0, 0.1) is 5.82 Å². The summed E-state index contributed by atoms with van der Waals surface area (Å²) in [4.78, 5) is 32.9. The summed E-state index contributed by atoms with van der Waals surface area (Å²) in [6.07, 6.45) is 0.756. The standard InChI is InChI=1S/C21H24FN3O4/c1-28-23-20(26)17-8-6-16(7-9-17)15-25(19-5-2-4-18(22)14-19)21(27)24-10-3-12-29-13-11-24/h2,4-9,14H,3,10-13,15H2,1H3,(H,23,26). The number of nitrogens with one attached hydrogen (secondary N) is 1. The van der Waals surface area contributed by atoms with Crippen molar-refractivity contribution in [2.24, 2.45) is 0 Å². The van der Waals surface area contributed by atoms with Crippen LogP contribution in [0.2, 0.25) is 0 Å². The van der Waals surface area contributed by atoms with Gasteiger partial charge in [-0.05, 0) is 42.3 Å². The lowest BCUT2D eigenvalue weighted by molar-refractivity contribution is 0.0537. The maximum absolute atomic E-state index is 13.8. The summed E-state index contributed by atoms with van der Waals surface area (Å²) in [5, 5.41) is 0. The minimum atomic E-state index is -0.411. The van der Waals surface area contributed by atoms with Crippen LogP contribution < -0.4 is 10.4 Å². The summed E-state index contributed by atoms with van der Waals surface area (Å²) in [6.45, 7) is 2.41. The van der Waals surface area contributed by atoms with Crippen molar-refractivity contribution in [3.8, 4) is 0 Å². The van der Waals surface area contributed by atoms with Gasteiger partial charge in [-0.2, -0.15) is 0 Å². The highest BCUT2D eigenvalue weighted by molar-refractivity contribution is 5.94. The molecule has 154 valence electrons. The molecule has 0 unspecified atom stereocenters. The molecule has 0 aliphatic carbocycles. The molecule has 0 spiro atoms. The number of halogens is 1. The molecule has 2 aromatic carbocycles. The van der Waals surface area contributed by atoms with Crippen LogP contribution in [0.5, 0.6) is 0 Å². The average Bonchev–Trinajstić information content (AvgIpc) is 3.02. The van der Waals surface area contributed by atoms with Gasteiger partial charge in [0.1, 0.15) is 5.82 Å². The third-order valence-electron chi connectivity index (χ3n) is 4.60. The van der Waals surface area contributed by atoms with E-state index in [0.717, 1.165) is 12.0 Å². The molecule has 1 N–H and O–H groups in total. The molecule has 1 heterocycles. The third-order valence-corrected chi connectivity index (χ3v) is 4.60. The Kier molecular flexibility index (Phi) is 7.15. The third kappa shape index (κ3) is 5.52. The van der Waals surface area contributed by atoms with Gasteiger partial charge in [0.2, 0.25) is 0 Å². The zero-order valence-corrected chi connectivity index (χ0v) is 16.3. The Morgan fingerprint density at radius 3 is 2.69 bits per heavy atom. The molecule has 3 rings (SSSR count). The highest BCUT2D eigenvalue weighted by Gasteiger charge is 2.24. The second-order valence-corrected chi connectivity index (χ2v) is 6.63. The van der Waals surface area contributed by atoms with Crippen molar-refractivity contribution in [2.75, 3.05) is 38.3 Å². The van der Waals surface area contributed by atoms with Gasteiger partial charge in [0, 0.05) is 30.9 Å². The Balaban J connectivity index is 1.83. The number of amides is 3. The van der Waals surface area contributed by atoms with Crippen molar-refractivity contribution in [3.05, 3.63) is 65.5 Å². The van der Waals surface area contributed by atoms with E-state index in [4.69, 9.17) is 4.74 Å². The number of rotatable bonds is 5. The normalized spacial score (nSPS) is 14.2. The number of urea groups is 1. The number of benzene rings is 2. The first-order valence-electron chi connectivity index (χ1n) is 9.40. The molecule has 7 nitrogen and oxygen atoms in total. The molecule has 0 saturated carbocycles. The highest BCUT2D eigenvalue weighted by atomic mass is 19.1. The Hall–Kier alpha value is -2.97. The number of hydroxylamine groups is 1. The predicted molar refractivity (Wildman–Crippen MR) is 106 cm³/mol. The second-order valence-electron chi connectivity index (χ2n) is 6.63. The lowest BCUT2D eigenvalue weighted by Crippen LogP contribution is -2.44. The van der Waals surface area contributed by atoms with Crippen molar-refractivity contribution in [3.63, 3.8) is 0 Å². The fourth-order valence-corrected chi connectivity index (χ4v) is 3.12. The number of anilines is 1. The topological polar surface area (TPSA) is 71.1 Å². The van der Waals surface area contributed by atoms with Gasteiger partial charge >= 0.3 is 6.03 Å². The van der Waals surface area contributed by atoms with E-state index in [1.807, 2.05) is 0 Å². The van der Waals surface area contributed by atoms with Gasteiger partial charge in [-0.15, -0.1) is 0 Å². The van der Waals surface area contributed by atoms with Crippen molar-refractivity contribution in [2.45, 2.75) is 13.0 Å². The molecule has 1 saturated heterocycles. The number of carbonyl (C=O) groups excluding carboxylic acids is 2. The van der Waals surface area contributed by atoms with E-state index in [0.29, 0.717) is 37.6 Å². The Morgan fingerprint density at radius 1 is 1.17 bits per heavy atom. The van der Waals surface area contributed by atoms with Crippen molar-refractivity contribution in [1.82, 2.24) is 10.4 Å². The monoisotopic (exact) mass is 401 g/mol. The van der Waals surface area contributed by atoms with Crippen LogP contribution in [-0.2, 0) is 16.1 Å². The SMILES string of the molecule is CONC(=O)c1ccc(CN(C(=O)N2CCCOCC2)c2cccc(F)c2)cc1. The second kappa shape index (κ2) is 9.99. The first-order valence-corrected chi connectivity index (χ1v) is 9.40. The Morgan fingerprint density at radius 2 is 1.97 bits per heavy atom. The van der Waals surface area contributed by atoms with Gasteiger partial charge in [-0.3, -0.25) is 14.5 Å². The van der Waals surface area contributed by atoms with E-state index in [9.17, 15) is 14.0 Å². The zero-order chi connectivity index (χ0) is 20.6. The molecule has 3 amide bonds. The predicted octanol–water partition coefficient (Wildman–Crippen LogP) is 2.97. The van der Waals surface area contributed by atoms with Crippen molar-refractivity contribution >= 4 is 17.6 Å². The van der Waals surface area contributed by atoms with Crippen molar-refractivity contribution in [1.29, 1.82) is 0 Å². The number of hydrogen-bond donors (Lipinski definition) is 1. The lowest BCUT2D eigenvalue weighted by atomic mass is 10.1.